The Labute approximate surface area is 135 Å². The number of ether oxygens (including phenoxy) is 2. The van der Waals surface area contributed by atoms with Crippen molar-refractivity contribution in [3.63, 3.8) is 0 Å². The summed E-state index contributed by atoms with van der Waals surface area (Å²) in [5, 5.41) is 4.86. The second kappa shape index (κ2) is 5.97. The molecule has 1 aliphatic rings. The zero-order valence-corrected chi connectivity index (χ0v) is 13.2. The van der Waals surface area contributed by atoms with Gasteiger partial charge in [-0.15, -0.1) is 0 Å². The first-order valence-corrected chi connectivity index (χ1v) is 8.01. The largest absolute Gasteiger partial charge is 0.454 e. The van der Waals surface area contributed by atoms with E-state index in [2.05, 4.69) is 53.3 Å². The third kappa shape index (κ3) is 2.66. The van der Waals surface area contributed by atoms with Crippen LogP contribution >= 0.6 is 0 Å². The van der Waals surface area contributed by atoms with Crippen LogP contribution in [0, 0.1) is 0 Å². The third-order valence-electron chi connectivity index (χ3n) is 4.29. The summed E-state index contributed by atoms with van der Waals surface area (Å²) in [6, 6.07) is 14.7. The van der Waals surface area contributed by atoms with Crippen molar-refractivity contribution in [3.8, 4) is 11.5 Å². The van der Waals surface area contributed by atoms with Gasteiger partial charge in [0.25, 0.3) is 0 Å². The Morgan fingerprint density at radius 1 is 1.04 bits per heavy atom. The molecule has 4 rings (SSSR count). The quantitative estimate of drug-likeness (QED) is 0.781. The monoisotopic (exact) mass is 308 g/mol. The van der Waals surface area contributed by atoms with Crippen molar-refractivity contribution < 1.29 is 9.47 Å². The molecule has 0 unspecified atom stereocenters. The molecule has 0 atom stereocenters. The van der Waals surface area contributed by atoms with E-state index in [-0.39, 0.29) is 0 Å². The molecule has 1 aliphatic heterocycles. The number of benzene rings is 2. The molecule has 0 aliphatic carbocycles. The highest BCUT2D eigenvalue weighted by Gasteiger charge is 2.13. The highest BCUT2D eigenvalue weighted by Crippen LogP contribution is 2.32. The fourth-order valence-electron chi connectivity index (χ4n) is 3.12. The van der Waals surface area contributed by atoms with E-state index in [4.69, 9.17) is 9.47 Å². The predicted octanol–water partition coefficient (Wildman–Crippen LogP) is 3.68. The van der Waals surface area contributed by atoms with Crippen molar-refractivity contribution in [2.24, 2.45) is 0 Å². The first-order chi connectivity index (χ1) is 11.3. The zero-order valence-electron chi connectivity index (χ0n) is 13.2. The normalized spacial score (nSPS) is 12.9. The van der Waals surface area contributed by atoms with Crippen molar-refractivity contribution >= 4 is 10.9 Å². The van der Waals surface area contributed by atoms with Crippen LogP contribution in [-0.2, 0) is 19.6 Å². The van der Waals surface area contributed by atoms with Crippen molar-refractivity contribution in [3.05, 3.63) is 59.8 Å². The van der Waals surface area contributed by atoms with Crippen molar-refractivity contribution in [2.45, 2.75) is 26.6 Å². The van der Waals surface area contributed by atoms with Crippen LogP contribution in [0.15, 0.2) is 48.7 Å². The van der Waals surface area contributed by atoms with E-state index in [1.54, 1.807) is 0 Å². The van der Waals surface area contributed by atoms with Crippen LogP contribution in [0.1, 0.15) is 18.1 Å². The van der Waals surface area contributed by atoms with Gasteiger partial charge in [0, 0.05) is 36.7 Å². The summed E-state index contributed by atoms with van der Waals surface area (Å²) in [6.07, 6.45) is 2.25. The Hall–Kier alpha value is -2.46. The second-order valence-electron chi connectivity index (χ2n) is 5.75. The molecule has 23 heavy (non-hydrogen) atoms. The number of aromatic nitrogens is 1. The Morgan fingerprint density at radius 3 is 2.83 bits per heavy atom. The number of nitrogens with one attached hydrogen (secondary N) is 1. The number of para-hydroxylation sites is 1. The molecule has 3 aromatic rings. The SMILES string of the molecule is CCn1cc(CNCc2ccc3c(c2)OCO3)c2ccccc21. The van der Waals surface area contributed by atoms with Gasteiger partial charge in [-0.2, -0.15) is 0 Å². The Morgan fingerprint density at radius 2 is 1.91 bits per heavy atom. The number of aryl methyl sites for hydroxylation is 1. The molecule has 2 aromatic carbocycles. The minimum atomic E-state index is 0.322. The first-order valence-electron chi connectivity index (χ1n) is 8.01. The smallest absolute Gasteiger partial charge is 0.231 e. The van der Waals surface area contributed by atoms with Crippen LogP contribution in [0.2, 0.25) is 0 Å². The average molecular weight is 308 g/mol. The van der Waals surface area contributed by atoms with E-state index in [9.17, 15) is 0 Å². The van der Waals surface area contributed by atoms with Crippen molar-refractivity contribution in [2.75, 3.05) is 6.79 Å². The van der Waals surface area contributed by atoms with Crippen LogP contribution in [0.5, 0.6) is 11.5 Å². The topological polar surface area (TPSA) is 35.4 Å². The molecule has 0 spiro atoms. The number of hydrogen-bond donors (Lipinski definition) is 1. The lowest BCUT2D eigenvalue weighted by molar-refractivity contribution is 0.174. The summed E-state index contributed by atoms with van der Waals surface area (Å²) in [5.41, 5.74) is 3.84. The molecule has 4 nitrogen and oxygen atoms in total. The maximum atomic E-state index is 5.43. The molecule has 0 saturated heterocycles. The molecule has 118 valence electrons. The highest BCUT2D eigenvalue weighted by molar-refractivity contribution is 5.83. The summed E-state index contributed by atoms with van der Waals surface area (Å²) in [5.74, 6) is 1.67. The van der Waals surface area contributed by atoms with Gasteiger partial charge in [0.05, 0.1) is 0 Å². The van der Waals surface area contributed by atoms with E-state index >= 15 is 0 Å². The molecule has 0 amide bonds. The van der Waals surface area contributed by atoms with Gasteiger partial charge in [-0.3, -0.25) is 0 Å². The number of fused-ring (bicyclic) bond motifs is 2. The van der Waals surface area contributed by atoms with E-state index in [1.807, 2.05) is 12.1 Å². The van der Waals surface area contributed by atoms with E-state index in [0.717, 1.165) is 31.1 Å². The van der Waals surface area contributed by atoms with Gasteiger partial charge in [-0.25, -0.2) is 0 Å². The number of nitrogens with zero attached hydrogens (tertiary/aromatic N) is 1. The first kappa shape index (κ1) is 14.2. The van der Waals surface area contributed by atoms with Gasteiger partial charge < -0.3 is 19.4 Å². The van der Waals surface area contributed by atoms with Crippen LogP contribution in [0.25, 0.3) is 10.9 Å². The summed E-state index contributed by atoms with van der Waals surface area (Å²) in [7, 11) is 0. The molecule has 0 fully saturated rings. The fraction of sp³-hybridized carbons (Fsp3) is 0.263. The summed E-state index contributed by atoms with van der Waals surface area (Å²) in [6.45, 7) is 5.14. The highest BCUT2D eigenvalue weighted by atomic mass is 16.7. The summed E-state index contributed by atoms with van der Waals surface area (Å²) in [4.78, 5) is 0. The number of hydrogen-bond acceptors (Lipinski definition) is 3. The molecule has 1 aromatic heterocycles. The van der Waals surface area contributed by atoms with Crippen molar-refractivity contribution in [1.29, 1.82) is 0 Å². The molecular formula is C19H20N2O2. The zero-order chi connectivity index (χ0) is 15.6. The number of rotatable bonds is 5. The van der Waals surface area contributed by atoms with Crippen LogP contribution in [0.4, 0.5) is 0 Å². The van der Waals surface area contributed by atoms with Crippen LogP contribution in [0.3, 0.4) is 0 Å². The van der Waals surface area contributed by atoms with E-state index in [0.29, 0.717) is 6.79 Å². The van der Waals surface area contributed by atoms with Crippen molar-refractivity contribution in [1.82, 2.24) is 9.88 Å². The predicted molar refractivity (Wildman–Crippen MR) is 90.7 cm³/mol. The molecule has 0 radical (unpaired) electrons. The molecule has 1 N–H and O–H groups in total. The minimum Gasteiger partial charge on any atom is -0.454 e. The summed E-state index contributed by atoms with van der Waals surface area (Å²) >= 11 is 0. The fourth-order valence-corrected chi connectivity index (χ4v) is 3.12. The Bertz CT molecular complexity index is 839. The van der Waals surface area contributed by atoms with Crippen LogP contribution < -0.4 is 14.8 Å². The lowest BCUT2D eigenvalue weighted by Gasteiger charge is -2.05. The summed E-state index contributed by atoms with van der Waals surface area (Å²) < 4.78 is 13.1. The lowest BCUT2D eigenvalue weighted by atomic mass is 10.1. The van der Waals surface area contributed by atoms with Gasteiger partial charge in [0.1, 0.15) is 0 Å². The van der Waals surface area contributed by atoms with E-state index < -0.39 is 0 Å². The van der Waals surface area contributed by atoms with Gasteiger partial charge in [0.15, 0.2) is 11.5 Å². The molecule has 0 saturated carbocycles. The lowest BCUT2D eigenvalue weighted by Crippen LogP contribution is -2.12. The van der Waals surface area contributed by atoms with Gasteiger partial charge in [-0.1, -0.05) is 24.3 Å². The van der Waals surface area contributed by atoms with Crippen LogP contribution in [-0.4, -0.2) is 11.4 Å². The molecule has 2 heterocycles. The molecule has 0 bridgehead atoms. The van der Waals surface area contributed by atoms with Gasteiger partial charge >= 0.3 is 0 Å². The standard InChI is InChI=1S/C19H20N2O2/c1-2-21-12-15(16-5-3-4-6-17(16)21)11-20-10-14-7-8-18-19(9-14)23-13-22-18/h3-9,12,20H,2,10-11,13H2,1H3. The minimum absolute atomic E-state index is 0.322. The maximum Gasteiger partial charge on any atom is 0.231 e. The average Bonchev–Trinajstić information content (AvgIpc) is 3.19. The second-order valence-corrected chi connectivity index (χ2v) is 5.75. The van der Waals surface area contributed by atoms with E-state index in [1.165, 1.54) is 22.0 Å². The Kier molecular flexibility index (Phi) is 3.67. The molecular weight excluding hydrogens is 288 g/mol. The molecule has 4 heteroatoms. The van der Waals surface area contributed by atoms with Gasteiger partial charge in [0.2, 0.25) is 6.79 Å². The van der Waals surface area contributed by atoms with Gasteiger partial charge in [-0.05, 0) is 36.2 Å². The maximum absolute atomic E-state index is 5.43. The third-order valence-corrected chi connectivity index (χ3v) is 4.29. The Balaban J connectivity index is 1.47.